The van der Waals surface area contributed by atoms with Crippen LogP contribution in [0.3, 0.4) is 0 Å². The molecule has 0 spiro atoms. The third-order valence-electron chi connectivity index (χ3n) is 4.85. The zero-order valence-corrected chi connectivity index (χ0v) is 13.7. The fourth-order valence-electron chi connectivity index (χ4n) is 3.32. The maximum Gasteiger partial charge on any atom is 0.324 e. The molecular formula is C17H19N5O3. The van der Waals surface area contributed by atoms with E-state index in [0.717, 1.165) is 36.8 Å². The first kappa shape index (κ1) is 15.8. The van der Waals surface area contributed by atoms with Gasteiger partial charge >= 0.3 is 6.03 Å². The number of benzene rings is 1. The summed E-state index contributed by atoms with van der Waals surface area (Å²) in [7, 11) is 0. The first-order valence-corrected chi connectivity index (χ1v) is 8.36. The molecule has 1 aliphatic heterocycles. The van der Waals surface area contributed by atoms with Crippen LogP contribution in [0.5, 0.6) is 0 Å². The molecule has 0 bridgehead atoms. The molecule has 1 aliphatic carbocycles. The Kier molecular flexibility index (Phi) is 3.76. The van der Waals surface area contributed by atoms with E-state index in [9.17, 15) is 9.59 Å². The third-order valence-corrected chi connectivity index (χ3v) is 4.85. The maximum absolute atomic E-state index is 11.6. The van der Waals surface area contributed by atoms with Crippen molar-refractivity contribution in [2.75, 3.05) is 6.54 Å². The van der Waals surface area contributed by atoms with Crippen molar-refractivity contribution in [3.63, 3.8) is 0 Å². The molecule has 3 amide bonds. The van der Waals surface area contributed by atoms with Gasteiger partial charge in [0, 0.05) is 5.56 Å². The van der Waals surface area contributed by atoms with Gasteiger partial charge in [-0.2, -0.15) is 4.98 Å². The minimum Gasteiger partial charge on any atom is -0.334 e. The van der Waals surface area contributed by atoms with E-state index in [0.29, 0.717) is 11.7 Å². The lowest BCUT2D eigenvalue weighted by atomic mass is 9.99. The predicted octanol–water partition coefficient (Wildman–Crippen LogP) is 1.52. The molecule has 25 heavy (non-hydrogen) atoms. The van der Waals surface area contributed by atoms with Crippen molar-refractivity contribution in [3.8, 4) is 11.5 Å². The monoisotopic (exact) mass is 341 g/mol. The highest BCUT2D eigenvalue weighted by molar-refractivity contribution is 6.01. The average Bonchev–Trinajstić information content (AvgIpc) is 3.33. The van der Waals surface area contributed by atoms with E-state index < -0.39 is 5.54 Å². The van der Waals surface area contributed by atoms with Crippen LogP contribution in [0.2, 0.25) is 0 Å². The lowest BCUT2D eigenvalue weighted by Gasteiger charge is -2.17. The molecule has 1 aromatic carbocycles. The molecule has 2 fully saturated rings. The Morgan fingerprint density at radius 3 is 2.56 bits per heavy atom. The van der Waals surface area contributed by atoms with Crippen LogP contribution in [0.1, 0.15) is 37.1 Å². The number of hydrogen-bond donors (Lipinski definition) is 2. The largest absolute Gasteiger partial charge is 0.334 e. The molecule has 8 nitrogen and oxygen atoms in total. The number of nitrogens with zero attached hydrogens (tertiary/aromatic N) is 3. The van der Waals surface area contributed by atoms with Gasteiger partial charge in [0.05, 0.1) is 18.6 Å². The van der Waals surface area contributed by atoms with Crippen LogP contribution in [0.15, 0.2) is 28.8 Å². The summed E-state index contributed by atoms with van der Waals surface area (Å²) >= 11 is 0. The highest BCUT2D eigenvalue weighted by atomic mass is 16.5. The second-order valence-corrected chi connectivity index (χ2v) is 6.62. The number of carbonyl (C=O) groups excluding carboxylic acids is 2. The van der Waals surface area contributed by atoms with E-state index in [2.05, 4.69) is 15.5 Å². The van der Waals surface area contributed by atoms with Crippen LogP contribution < -0.4 is 11.1 Å². The highest BCUT2D eigenvalue weighted by Crippen LogP contribution is 2.35. The Morgan fingerprint density at radius 1 is 1.20 bits per heavy atom. The van der Waals surface area contributed by atoms with Crippen molar-refractivity contribution >= 4 is 11.9 Å². The molecule has 130 valence electrons. The Bertz CT molecular complexity index is 792. The molecule has 3 N–H and O–H groups in total. The van der Waals surface area contributed by atoms with Gasteiger partial charge in [-0.05, 0) is 30.5 Å². The molecule has 2 heterocycles. The summed E-state index contributed by atoms with van der Waals surface area (Å²) in [6, 6.07) is 6.99. The van der Waals surface area contributed by atoms with Crippen LogP contribution in [0, 0.1) is 0 Å². The minimum absolute atomic E-state index is 0.0581. The molecule has 0 radical (unpaired) electrons. The van der Waals surface area contributed by atoms with Crippen LogP contribution in [0.25, 0.3) is 11.5 Å². The number of nitrogens with one attached hydrogen (secondary N) is 1. The first-order valence-electron chi connectivity index (χ1n) is 8.36. The van der Waals surface area contributed by atoms with Crippen molar-refractivity contribution in [3.05, 3.63) is 35.7 Å². The van der Waals surface area contributed by atoms with Crippen LogP contribution in [-0.2, 0) is 16.9 Å². The van der Waals surface area contributed by atoms with Crippen LogP contribution >= 0.6 is 0 Å². The summed E-state index contributed by atoms with van der Waals surface area (Å²) in [6.45, 7) is 0.300. The van der Waals surface area contributed by atoms with Crippen molar-refractivity contribution in [1.29, 1.82) is 0 Å². The Labute approximate surface area is 144 Å². The average molecular weight is 341 g/mol. The molecular weight excluding hydrogens is 322 g/mol. The molecule has 1 saturated heterocycles. The summed E-state index contributed by atoms with van der Waals surface area (Å²) in [6.07, 6.45) is 3.91. The molecule has 0 atom stereocenters. The van der Waals surface area contributed by atoms with Crippen molar-refractivity contribution < 1.29 is 14.1 Å². The van der Waals surface area contributed by atoms with Gasteiger partial charge in [0.1, 0.15) is 0 Å². The normalized spacial score (nSPS) is 19.5. The summed E-state index contributed by atoms with van der Waals surface area (Å²) in [5.74, 6) is 0.761. The SMILES string of the molecule is NC1(c2noc(-c3ccc(CN4C(=O)CNC4=O)cc3)n2)CCCC1. The number of amides is 3. The van der Waals surface area contributed by atoms with Gasteiger partial charge in [-0.3, -0.25) is 9.69 Å². The van der Waals surface area contributed by atoms with E-state index >= 15 is 0 Å². The molecule has 2 aromatic rings. The van der Waals surface area contributed by atoms with Crippen molar-refractivity contribution in [1.82, 2.24) is 20.4 Å². The number of carbonyl (C=O) groups is 2. The van der Waals surface area contributed by atoms with Crippen LogP contribution in [-0.4, -0.2) is 33.5 Å². The molecule has 0 unspecified atom stereocenters. The number of imide groups is 1. The highest BCUT2D eigenvalue weighted by Gasteiger charge is 2.36. The number of nitrogens with two attached hydrogens (primary N) is 1. The Balaban J connectivity index is 1.50. The van der Waals surface area contributed by atoms with E-state index in [1.165, 1.54) is 4.90 Å². The summed E-state index contributed by atoms with van der Waals surface area (Å²) in [5, 5.41) is 6.56. The third kappa shape index (κ3) is 2.89. The molecule has 2 aliphatic rings. The van der Waals surface area contributed by atoms with Crippen molar-refractivity contribution in [2.24, 2.45) is 5.73 Å². The summed E-state index contributed by atoms with van der Waals surface area (Å²) in [5.41, 5.74) is 7.50. The minimum atomic E-state index is -0.481. The molecule has 8 heteroatoms. The zero-order valence-electron chi connectivity index (χ0n) is 13.7. The number of rotatable bonds is 4. The first-order chi connectivity index (χ1) is 12.0. The molecule has 1 aromatic heterocycles. The van der Waals surface area contributed by atoms with E-state index in [1.807, 2.05) is 24.3 Å². The number of hydrogen-bond acceptors (Lipinski definition) is 6. The van der Waals surface area contributed by atoms with Gasteiger partial charge in [-0.15, -0.1) is 0 Å². The lowest BCUT2D eigenvalue weighted by molar-refractivity contribution is -0.125. The summed E-state index contributed by atoms with van der Waals surface area (Å²) < 4.78 is 5.37. The van der Waals surface area contributed by atoms with Gasteiger partial charge in [0.2, 0.25) is 5.91 Å². The summed E-state index contributed by atoms with van der Waals surface area (Å²) in [4.78, 5) is 28.9. The second-order valence-electron chi connectivity index (χ2n) is 6.62. The van der Waals surface area contributed by atoms with Gasteiger partial charge in [-0.1, -0.05) is 30.1 Å². The van der Waals surface area contributed by atoms with Gasteiger partial charge < -0.3 is 15.6 Å². The van der Waals surface area contributed by atoms with Gasteiger partial charge in [0.15, 0.2) is 5.82 Å². The molecule has 4 rings (SSSR count). The second kappa shape index (κ2) is 5.96. The Hall–Kier alpha value is -2.74. The zero-order chi connectivity index (χ0) is 17.4. The van der Waals surface area contributed by atoms with E-state index in [-0.39, 0.29) is 25.0 Å². The molecule has 1 saturated carbocycles. The van der Waals surface area contributed by atoms with E-state index in [4.69, 9.17) is 10.3 Å². The fourth-order valence-corrected chi connectivity index (χ4v) is 3.32. The standard InChI is InChI=1S/C17H19N5O3/c18-17(7-1-2-8-17)15-20-14(25-21-15)12-5-3-11(4-6-12)10-22-13(23)9-19-16(22)24/h3-6H,1-2,7-10,18H2,(H,19,24). The number of urea groups is 1. The van der Waals surface area contributed by atoms with Crippen molar-refractivity contribution in [2.45, 2.75) is 37.8 Å². The lowest BCUT2D eigenvalue weighted by Crippen LogP contribution is -2.34. The fraction of sp³-hybridized carbons (Fsp3) is 0.412. The van der Waals surface area contributed by atoms with Crippen LogP contribution in [0.4, 0.5) is 4.79 Å². The predicted molar refractivity (Wildman–Crippen MR) is 88.0 cm³/mol. The quantitative estimate of drug-likeness (QED) is 0.815. The maximum atomic E-state index is 11.6. The number of aromatic nitrogens is 2. The van der Waals surface area contributed by atoms with Gasteiger partial charge in [0.25, 0.3) is 5.89 Å². The van der Waals surface area contributed by atoms with E-state index in [1.54, 1.807) is 0 Å². The van der Waals surface area contributed by atoms with Gasteiger partial charge in [-0.25, -0.2) is 4.79 Å². The smallest absolute Gasteiger partial charge is 0.324 e. The Morgan fingerprint density at radius 2 is 1.92 bits per heavy atom. The topological polar surface area (TPSA) is 114 Å².